The Kier molecular flexibility index (Phi) is 3.99. The molecule has 2 rings (SSSR count). The lowest BCUT2D eigenvalue weighted by molar-refractivity contribution is 0.582. The maximum atomic E-state index is 12.3. The molecule has 0 saturated carbocycles. The molecule has 0 aliphatic heterocycles. The van der Waals surface area contributed by atoms with Gasteiger partial charge in [-0.25, -0.2) is 0 Å². The summed E-state index contributed by atoms with van der Waals surface area (Å²) >= 11 is 9.15. The molecule has 1 aromatic carbocycles. The minimum absolute atomic E-state index is 0.0520. The second-order valence-electron chi connectivity index (χ2n) is 4.22. The number of nitrogens with two attached hydrogens (primary N) is 1. The number of halogens is 2. The van der Waals surface area contributed by atoms with Gasteiger partial charge in [-0.1, -0.05) is 11.6 Å². The number of benzene rings is 1. The van der Waals surface area contributed by atoms with Gasteiger partial charge in [0.1, 0.15) is 0 Å². The van der Waals surface area contributed by atoms with Gasteiger partial charge in [0.2, 0.25) is 0 Å². The molecule has 0 atom stereocenters. The van der Waals surface area contributed by atoms with Gasteiger partial charge >= 0.3 is 0 Å². The van der Waals surface area contributed by atoms with Crippen molar-refractivity contribution in [2.24, 2.45) is 7.05 Å². The number of anilines is 2. The molecule has 1 heterocycles. The molecule has 3 N–H and O–H groups in total. The highest BCUT2D eigenvalue weighted by molar-refractivity contribution is 9.10. The SMILES string of the molecule is Cc1cc(Br)c(NS(=O)(=O)c2c(Cl)cnn2C)cc1N. The lowest BCUT2D eigenvalue weighted by Crippen LogP contribution is -2.17. The summed E-state index contributed by atoms with van der Waals surface area (Å²) in [4.78, 5) is 0. The molecule has 108 valence electrons. The molecule has 0 radical (unpaired) electrons. The van der Waals surface area contributed by atoms with Crippen molar-refractivity contribution in [1.29, 1.82) is 0 Å². The third-order valence-electron chi connectivity index (χ3n) is 2.70. The first-order chi connectivity index (χ1) is 9.22. The van der Waals surface area contributed by atoms with E-state index in [4.69, 9.17) is 17.3 Å². The summed E-state index contributed by atoms with van der Waals surface area (Å²) in [5.74, 6) is 0. The van der Waals surface area contributed by atoms with Crippen LogP contribution in [0.4, 0.5) is 11.4 Å². The zero-order valence-corrected chi connectivity index (χ0v) is 13.8. The standard InChI is InChI=1S/C11H12BrClN4O2S/c1-6-3-7(12)10(4-9(6)14)16-20(18,19)11-8(13)5-15-17(11)2/h3-5,16H,14H2,1-2H3. The van der Waals surface area contributed by atoms with E-state index >= 15 is 0 Å². The molecule has 6 nitrogen and oxygen atoms in total. The van der Waals surface area contributed by atoms with E-state index in [1.165, 1.54) is 17.9 Å². The van der Waals surface area contributed by atoms with Gasteiger partial charge < -0.3 is 5.73 Å². The summed E-state index contributed by atoms with van der Waals surface area (Å²) in [6.45, 7) is 1.83. The molecule has 1 aromatic heterocycles. The molecule has 20 heavy (non-hydrogen) atoms. The molecule has 0 aliphatic rings. The Bertz CT molecular complexity index is 753. The topological polar surface area (TPSA) is 90.0 Å². The summed E-state index contributed by atoms with van der Waals surface area (Å²) in [5.41, 5.74) is 7.46. The van der Waals surface area contributed by atoms with Crippen molar-refractivity contribution in [3.63, 3.8) is 0 Å². The number of nitrogens with one attached hydrogen (secondary N) is 1. The first kappa shape index (κ1) is 15.1. The van der Waals surface area contributed by atoms with Crippen molar-refractivity contribution in [2.75, 3.05) is 10.5 Å². The molecule has 0 unspecified atom stereocenters. The molecule has 0 saturated heterocycles. The number of hydrogen-bond acceptors (Lipinski definition) is 4. The van der Waals surface area contributed by atoms with Crippen LogP contribution in [0.3, 0.4) is 0 Å². The van der Waals surface area contributed by atoms with Crippen molar-refractivity contribution in [1.82, 2.24) is 9.78 Å². The van der Waals surface area contributed by atoms with Crippen LogP contribution in [0.5, 0.6) is 0 Å². The normalized spacial score (nSPS) is 11.6. The maximum Gasteiger partial charge on any atom is 0.280 e. The fraction of sp³-hybridized carbons (Fsp3) is 0.182. The summed E-state index contributed by atoms with van der Waals surface area (Å²) in [6.07, 6.45) is 1.27. The average molecular weight is 380 g/mol. The minimum Gasteiger partial charge on any atom is -0.398 e. The zero-order chi connectivity index (χ0) is 15.1. The predicted molar refractivity (Wildman–Crippen MR) is 82.3 cm³/mol. The van der Waals surface area contributed by atoms with Gasteiger partial charge in [-0.05, 0) is 40.5 Å². The van der Waals surface area contributed by atoms with Crippen molar-refractivity contribution < 1.29 is 8.42 Å². The smallest absolute Gasteiger partial charge is 0.280 e. The Morgan fingerprint density at radius 3 is 2.65 bits per heavy atom. The van der Waals surface area contributed by atoms with E-state index in [0.717, 1.165) is 5.56 Å². The second kappa shape index (κ2) is 5.27. The highest BCUT2D eigenvalue weighted by Gasteiger charge is 2.23. The van der Waals surface area contributed by atoms with Crippen molar-refractivity contribution >= 4 is 48.9 Å². The Balaban J connectivity index is 2.47. The summed E-state index contributed by atoms with van der Waals surface area (Å²) in [6, 6.07) is 3.28. The molecule has 0 amide bonds. The number of rotatable bonds is 3. The molecule has 0 fully saturated rings. The number of sulfonamides is 1. The first-order valence-electron chi connectivity index (χ1n) is 5.48. The molecule has 0 aliphatic carbocycles. The number of hydrogen-bond donors (Lipinski definition) is 2. The largest absolute Gasteiger partial charge is 0.398 e. The molecule has 9 heteroatoms. The molecule has 0 spiro atoms. The summed E-state index contributed by atoms with van der Waals surface area (Å²) in [7, 11) is -2.35. The van der Waals surface area contributed by atoms with E-state index in [1.807, 2.05) is 6.92 Å². The Labute approximate surface area is 130 Å². The number of aromatic nitrogens is 2. The molecular weight excluding hydrogens is 368 g/mol. The average Bonchev–Trinajstić information content (AvgIpc) is 2.66. The Hall–Kier alpha value is -1.25. The van der Waals surface area contributed by atoms with Gasteiger partial charge in [0.05, 0.1) is 16.9 Å². The van der Waals surface area contributed by atoms with Crippen LogP contribution >= 0.6 is 27.5 Å². The number of aryl methyl sites for hydroxylation is 2. The third-order valence-corrected chi connectivity index (χ3v) is 5.22. The van der Waals surface area contributed by atoms with Crippen molar-refractivity contribution in [3.05, 3.63) is 33.4 Å². The van der Waals surface area contributed by atoms with Crippen molar-refractivity contribution in [3.8, 4) is 0 Å². The summed E-state index contributed by atoms with van der Waals surface area (Å²) < 4.78 is 28.9. The van der Waals surface area contributed by atoms with Crippen LogP contribution in [0.2, 0.25) is 5.02 Å². The van der Waals surface area contributed by atoms with E-state index in [9.17, 15) is 8.42 Å². The van der Waals surface area contributed by atoms with Gasteiger partial charge in [-0.15, -0.1) is 0 Å². The van der Waals surface area contributed by atoms with Gasteiger partial charge in [0.25, 0.3) is 10.0 Å². The van der Waals surface area contributed by atoms with Gasteiger partial charge in [0.15, 0.2) is 5.03 Å². The minimum atomic E-state index is -3.85. The van der Waals surface area contributed by atoms with Crippen LogP contribution in [0.25, 0.3) is 0 Å². The maximum absolute atomic E-state index is 12.3. The van der Waals surface area contributed by atoms with E-state index in [0.29, 0.717) is 15.8 Å². The monoisotopic (exact) mass is 378 g/mol. The van der Waals surface area contributed by atoms with Gasteiger partial charge in [-0.2, -0.15) is 13.5 Å². The lowest BCUT2D eigenvalue weighted by Gasteiger charge is -2.12. The van der Waals surface area contributed by atoms with Gasteiger partial charge in [0, 0.05) is 17.2 Å². The number of nitrogen functional groups attached to an aromatic ring is 1. The van der Waals surface area contributed by atoms with Crippen LogP contribution in [0, 0.1) is 6.92 Å². The second-order valence-corrected chi connectivity index (χ2v) is 7.07. The molecular formula is C11H12BrClN4O2S. The van der Waals surface area contributed by atoms with Crippen molar-refractivity contribution in [2.45, 2.75) is 11.9 Å². The third kappa shape index (κ3) is 2.77. The van der Waals surface area contributed by atoms with E-state index in [2.05, 4.69) is 25.8 Å². The predicted octanol–water partition coefficient (Wildman–Crippen LogP) is 2.53. The van der Waals surface area contributed by atoms with E-state index in [-0.39, 0.29) is 10.0 Å². The van der Waals surface area contributed by atoms with Crippen LogP contribution < -0.4 is 10.5 Å². The highest BCUT2D eigenvalue weighted by Crippen LogP contribution is 2.30. The highest BCUT2D eigenvalue weighted by atomic mass is 79.9. The fourth-order valence-electron chi connectivity index (χ4n) is 1.66. The summed E-state index contributed by atoms with van der Waals surface area (Å²) in [5, 5.41) is 3.75. The van der Waals surface area contributed by atoms with E-state index < -0.39 is 10.0 Å². The quantitative estimate of drug-likeness (QED) is 0.802. The van der Waals surface area contributed by atoms with E-state index in [1.54, 1.807) is 12.1 Å². The van der Waals surface area contributed by atoms with Crippen LogP contribution in [-0.2, 0) is 17.1 Å². The van der Waals surface area contributed by atoms with Crippen LogP contribution in [0.15, 0.2) is 27.8 Å². The Morgan fingerprint density at radius 2 is 2.10 bits per heavy atom. The van der Waals surface area contributed by atoms with Crippen LogP contribution in [-0.4, -0.2) is 18.2 Å². The fourth-order valence-corrected chi connectivity index (χ4v) is 4.08. The number of nitrogens with zero attached hydrogens (tertiary/aromatic N) is 2. The van der Waals surface area contributed by atoms with Gasteiger partial charge in [-0.3, -0.25) is 9.40 Å². The molecule has 2 aromatic rings. The lowest BCUT2D eigenvalue weighted by atomic mass is 10.2. The first-order valence-corrected chi connectivity index (χ1v) is 8.13. The molecule has 0 bridgehead atoms. The zero-order valence-electron chi connectivity index (χ0n) is 10.7. The Morgan fingerprint density at radius 1 is 1.45 bits per heavy atom. The van der Waals surface area contributed by atoms with Crippen LogP contribution in [0.1, 0.15) is 5.56 Å².